The van der Waals surface area contributed by atoms with Crippen LogP contribution in [0.4, 0.5) is 5.69 Å². The van der Waals surface area contributed by atoms with Crippen molar-refractivity contribution in [2.45, 2.75) is 6.92 Å². The van der Waals surface area contributed by atoms with E-state index in [4.69, 9.17) is 4.74 Å². The van der Waals surface area contributed by atoms with Crippen LogP contribution in [0.2, 0.25) is 0 Å². The number of hydrazone groups is 1. The van der Waals surface area contributed by atoms with Crippen LogP contribution in [0, 0.1) is 6.92 Å². The lowest BCUT2D eigenvalue weighted by Crippen LogP contribution is -1.96. The summed E-state index contributed by atoms with van der Waals surface area (Å²) < 4.78 is 5.38. The van der Waals surface area contributed by atoms with Crippen molar-refractivity contribution in [3.8, 4) is 5.75 Å². The molecule has 0 saturated carbocycles. The van der Waals surface area contributed by atoms with Gasteiger partial charge in [-0.25, -0.2) is 4.98 Å². The third kappa shape index (κ3) is 2.91. The lowest BCUT2D eigenvalue weighted by molar-refractivity contribution is 0.419. The predicted molar refractivity (Wildman–Crippen MR) is 90.7 cm³/mol. The number of methoxy groups -OCH3 is 1. The van der Waals surface area contributed by atoms with Crippen molar-refractivity contribution >= 4 is 22.8 Å². The molecular formula is C18H17N3O. The lowest BCUT2D eigenvalue weighted by atomic mass is 10.1. The van der Waals surface area contributed by atoms with E-state index < -0.39 is 0 Å². The van der Waals surface area contributed by atoms with Crippen LogP contribution in [-0.2, 0) is 0 Å². The van der Waals surface area contributed by atoms with Gasteiger partial charge < -0.3 is 4.74 Å². The zero-order chi connectivity index (χ0) is 15.4. The predicted octanol–water partition coefficient (Wildman–Crippen LogP) is 4.00. The number of nitrogens with zero attached hydrogens (tertiary/aromatic N) is 2. The third-order valence-corrected chi connectivity index (χ3v) is 3.35. The van der Waals surface area contributed by atoms with Crippen molar-refractivity contribution in [3.05, 3.63) is 65.9 Å². The maximum atomic E-state index is 5.38. The summed E-state index contributed by atoms with van der Waals surface area (Å²) in [5, 5.41) is 5.30. The van der Waals surface area contributed by atoms with Gasteiger partial charge in [0.1, 0.15) is 11.3 Å². The molecule has 0 aliphatic heterocycles. The molecular weight excluding hydrogens is 274 g/mol. The molecule has 0 unspecified atom stereocenters. The van der Waals surface area contributed by atoms with Crippen molar-refractivity contribution in [3.63, 3.8) is 0 Å². The Morgan fingerprint density at radius 3 is 2.68 bits per heavy atom. The molecule has 0 spiro atoms. The molecule has 0 fully saturated rings. The first kappa shape index (κ1) is 14.1. The Balaban J connectivity index is 1.95. The smallest absolute Gasteiger partial charge is 0.145 e. The number of hydrogen-bond donors (Lipinski definition) is 1. The topological polar surface area (TPSA) is 46.5 Å². The number of hydrogen-bond acceptors (Lipinski definition) is 4. The zero-order valence-corrected chi connectivity index (χ0v) is 12.6. The van der Waals surface area contributed by atoms with Gasteiger partial charge in [-0.1, -0.05) is 42.5 Å². The fraction of sp³-hybridized carbons (Fsp3) is 0.111. The van der Waals surface area contributed by atoms with Gasteiger partial charge in [0, 0.05) is 11.1 Å². The molecule has 0 aliphatic carbocycles. The minimum atomic E-state index is 0.760. The largest absolute Gasteiger partial charge is 0.494 e. The highest BCUT2D eigenvalue weighted by Crippen LogP contribution is 2.29. The van der Waals surface area contributed by atoms with Crippen molar-refractivity contribution in [1.82, 2.24) is 4.98 Å². The second kappa shape index (κ2) is 6.26. The molecule has 0 bridgehead atoms. The van der Waals surface area contributed by atoms with Gasteiger partial charge in [0.25, 0.3) is 0 Å². The first-order chi connectivity index (χ1) is 10.8. The first-order valence-electron chi connectivity index (χ1n) is 7.06. The molecule has 0 radical (unpaired) electrons. The van der Waals surface area contributed by atoms with Crippen LogP contribution in [0.25, 0.3) is 10.9 Å². The average molecular weight is 291 g/mol. The molecule has 1 N–H and O–H groups in total. The van der Waals surface area contributed by atoms with E-state index in [0.29, 0.717) is 0 Å². The van der Waals surface area contributed by atoms with E-state index in [1.807, 2.05) is 61.5 Å². The number of para-hydroxylation sites is 1. The molecule has 2 aromatic carbocycles. The summed E-state index contributed by atoms with van der Waals surface area (Å²) in [5.41, 5.74) is 6.80. The Morgan fingerprint density at radius 2 is 1.91 bits per heavy atom. The lowest BCUT2D eigenvalue weighted by Gasteiger charge is -2.10. The van der Waals surface area contributed by atoms with Gasteiger partial charge >= 0.3 is 0 Å². The molecule has 22 heavy (non-hydrogen) atoms. The summed E-state index contributed by atoms with van der Waals surface area (Å²) in [5.74, 6) is 0.760. The highest BCUT2D eigenvalue weighted by Gasteiger charge is 2.07. The SMILES string of the molecule is COc1cccc2c(N/N=C\c3ccccc3)cc(C)nc12. The minimum Gasteiger partial charge on any atom is -0.494 e. The van der Waals surface area contributed by atoms with Crippen molar-refractivity contribution in [2.24, 2.45) is 5.10 Å². The van der Waals surface area contributed by atoms with Crippen LogP contribution in [0.3, 0.4) is 0 Å². The molecule has 3 aromatic rings. The van der Waals surface area contributed by atoms with Crippen LogP contribution in [0.5, 0.6) is 5.75 Å². The van der Waals surface area contributed by atoms with Gasteiger partial charge in [0.05, 0.1) is 19.0 Å². The van der Waals surface area contributed by atoms with E-state index >= 15 is 0 Å². The summed E-state index contributed by atoms with van der Waals surface area (Å²) in [6.07, 6.45) is 1.79. The van der Waals surface area contributed by atoms with Gasteiger partial charge in [-0.05, 0) is 24.6 Å². The van der Waals surface area contributed by atoms with E-state index in [1.54, 1.807) is 13.3 Å². The second-order valence-electron chi connectivity index (χ2n) is 4.95. The van der Waals surface area contributed by atoms with Crippen LogP contribution in [0.15, 0.2) is 59.7 Å². The summed E-state index contributed by atoms with van der Waals surface area (Å²) in [4.78, 5) is 4.56. The van der Waals surface area contributed by atoms with Gasteiger partial charge in [-0.2, -0.15) is 5.10 Å². The number of nitrogens with one attached hydrogen (secondary N) is 1. The molecule has 0 saturated heterocycles. The standard InChI is InChI=1S/C18H17N3O/c1-13-11-16(21-19-12-14-7-4-3-5-8-14)15-9-6-10-17(22-2)18(15)20-13/h3-12H,1-2H3,(H,20,21)/b19-12-. The molecule has 0 aliphatic rings. The number of aromatic nitrogens is 1. The average Bonchev–Trinajstić information content (AvgIpc) is 2.55. The van der Waals surface area contributed by atoms with Gasteiger partial charge in [-0.15, -0.1) is 0 Å². The van der Waals surface area contributed by atoms with E-state index in [0.717, 1.165) is 33.6 Å². The third-order valence-electron chi connectivity index (χ3n) is 3.35. The fourth-order valence-corrected chi connectivity index (χ4v) is 2.32. The van der Waals surface area contributed by atoms with E-state index in [2.05, 4.69) is 15.5 Å². The van der Waals surface area contributed by atoms with E-state index in [9.17, 15) is 0 Å². The molecule has 4 heteroatoms. The van der Waals surface area contributed by atoms with E-state index in [1.165, 1.54) is 0 Å². The number of pyridine rings is 1. The monoisotopic (exact) mass is 291 g/mol. The van der Waals surface area contributed by atoms with Crippen LogP contribution in [-0.4, -0.2) is 18.3 Å². The number of ether oxygens (including phenoxy) is 1. The molecule has 4 nitrogen and oxygen atoms in total. The number of benzene rings is 2. The van der Waals surface area contributed by atoms with Gasteiger partial charge in [-0.3, -0.25) is 5.43 Å². The molecule has 1 aromatic heterocycles. The van der Waals surface area contributed by atoms with Crippen molar-refractivity contribution < 1.29 is 4.74 Å². The van der Waals surface area contributed by atoms with Crippen molar-refractivity contribution in [2.75, 3.05) is 12.5 Å². The summed E-state index contributed by atoms with van der Waals surface area (Å²) >= 11 is 0. The molecule has 1 heterocycles. The maximum absolute atomic E-state index is 5.38. The van der Waals surface area contributed by atoms with Crippen LogP contribution in [0.1, 0.15) is 11.3 Å². The quantitative estimate of drug-likeness (QED) is 0.584. The first-order valence-corrected chi connectivity index (χ1v) is 7.06. The molecule has 0 amide bonds. The Morgan fingerprint density at radius 1 is 1.09 bits per heavy atom. The number of rotatable bonds is 4. The summed E-state index contributed by atoms with van der Waals surface area (Å²) in [6.45, 7) is 1.96. The Labute approximate surface area is 129 Å². The van der Waals surface area contributed by atoms with Crippen LogP contribution >= 0.6 is 0 Å². The van der Waals surface area contributed by atoms with Gasteiger partial charge in [0.2, 0.25) is 0 Å². The van der Waals surface area contributed by atoms with Gasteiger partial charge in [0.15, 0.2) is 0 Å². The number of aryl methyl sites for hydroxylation is 1. The number of fused-ring (bicyclic) bond motifs is 1. The Kier molecular flexibility index (Phi) is 4.01. The highest BCUT2D eigenvalue weighted by molar-refractivity contribution is 5.95. The van der Waals surface area contributed by atoms with Crippen LogP contribution < -0.4 is 10.2 Å². The van der Waals surface area contributed by atoms with Crippen molar-refractivity contribution in [1.29, 1.82) is 0 Å². The fourth-order valence-electron chi connectivity index (χ4n) is 2.32. The Hall–Kier alpha value is -2.88. The summed E-state index contributed by atoms with van der Waals surface area (Å²) in [6, 6.07) is 17.8. The molecule has 3 rings (SSSR count). The number of anilines is 1. The maximum Gasteiger partial charge on any atom is 0.145 e. The summed E-state index contributed by atoms with van der Waals surface area (Å²) in [7, 11) is 1.65. The highest BCUT2D eigenvalue weighted by atomic mass is 16.5. The van der Waals surface area contributed by atoms with E-state index in [-0.39, 0.29) is 0 Å². The zero-order valence-electron chi connectivity index (χ0n) is 12.6. The molecule has 110 valence electrons. The molecule has 0 atom stereocenters. The Bertz CT molecular complexity index is 813. The normalized spacial score (nSPS) is 11.0. The minimum absolute atomic E-state index is 0.760. The second-order valence-corrected chi connectivity index (χ2v) is 4.95.